The van der Waals surface area contributed by atoms with Crippen molar-refractivity contribution in [3.8, 4) is 5.75 Å². The van der Waals surface area contributed by atoms with Crippen LogP contribution in [0.5, 0.6) is 5.75 Å². The molecule has 2 atom stereocenters. The zero-order valence-electron chi connectivity index (χ0n) is 13.7. The molecule has 5 nitrogen and oxygen atoms in total. The maximum atomic E-state index is 11.8. The molecule has 1 fully saturated rings. The van der Waals surface area contributed by atoms with E-state index in [1.165, 1.54) is 6.92 Å². The van der Waals surface area contributed by atoms with E-state index < -0.39 is 10.0 Å². The molecule has 6 heteroatoms. The Balaban J connectivity index is 1.95. The second-order valence-electron chi connectivity index (χ2n) is 6.06. The molecular formula is C17H25NO4S. The highest BCUT2D eigenvalue weighted by Gasteiger charge is 2.28. The molecule has 23 heavy (non-hydrogen) atoms. The SMILES string of the molecule is CCS(=O)(=O)NC1CCCCC1COc1ccc(C(C)=O)cc1. The van der Waals surface area contributed by atoms with Crippen LogP contribution < -0.4 is 9.46 Å². The Bertz CT molecular complexity index is 624. The first-order chi connectivity index (χ1) is 10.9. The first-order valence-electron chi connectivity index (χ1n) is 8.15. The zero-order chi connectivity index (χ0) is 16.9. The van der Waals surface area contributed by atoms with Crippen LogP contribution in [0.3, 0.4) is 0 Å². The third kappa shape index (κ3) is 5.32. The number of hydrogen-bond donors (Lipinski definition) is 1. The maximum Gasteiger partial charge on any atom is 0.211 e. The number of nitrogens with one attached hydrogen (secondary N) is 1. The summed E-state index contributed by atoms with van der Waals surface area (Å²) in [7, 11) is -3.19. The number of Topliss-reactive ketones (excluding diaryl/α,β-unsaturated/α-hetero) is 1. The molecule has 1 N–H and O–H groups in total. The van der Waals surface area contributed by atoms with Crippen molar-refractivity contribution in [2.75, 3.05) is 12.4 Å². The highest BCUT2D eigenvalue weighted by atomic mass is 32.2. The van der Waals surface area contributed by atoms with E-state index in [4.69, 9.17) is 4.74 Å². The molecule has 0 spiro atoms. The molecule has 1 aliphatic carbocycles. The lowest BCUT2D eigenvalue weighted by Crippen LogP contribution is -2.44. The van der Waals surface area contributed by atoms with E-state index in [1.807, 2.05) is 0 Å². The van der Waals surface area contributed by atoms with Gasteiger partial charge in [0.05, 0.1) is 12.4 Å². The van der Waals surface area contributed by atoms with Gasteiger partial charge in [0.2, 0.25) is 10.0 Å². The van der Waals surface area contributed by atoms with Crippen molar-refractivity contribution in [1.82, 2.24) is 4.72 Å². The molecule has 0 amide bonds. The lowest BCUT2D eigenvalue weighted by Gasteiger charge is -2.31. The van der Waals surface area contributed by atoms with Crippen molar-refractivity contribution < 1.29 is 17.9 Å². The summed E-state index contributed by atoms with van der Waals surface area (Å²) in [5, 5.41) is 0. The van der Waals surface area contributed by atoms with Crippen LogP contribution in [0, 0.1) is 5.92 Å². The highest BCUT2D eigenvalue weighted by Crippen LogP contribution is 2.26. The number of ketones is 1. The van der Waals surface area contributed by atoms with Crippen molar-refractivity contribution in [3.05, 3.63) is 29.8 Å². The maximum absolute atomic E-state index is 11.8. The highest BCUT2D eigenvalue weighted by molar-refractivity contribution is 7.89. The van der Waals surface area contributed by atoms with E-state index in [0.717, 1.165) is 25.7 Å². The molecule has 0 aliphatic heterocycles. The number of carbonyl (C=O) groups excluding carboxylic acids is 1. The number of ether oxygens (including phenoxy) is 1. The number of rotatable bonds is 7. The van der Waals surface area contributed by atoms with Gasteiger partial charge in [-0.05, 0) is 51.0 Å². The van der Waals surface area contributed by atoms with Crippen LogP contribution in [-0.4, -0.2) is 32.6 Å². The Morgan fingerprint density at radius 2 is 1.87 bits per heavy atom. The first kappa shape index (κ1) is 17.9. The molecule has 0 heterocycles. The summed E-state index contributed by atoms with van der Waals surface area (Å²) in [4.78, 5) is 11.3. The molecule has 1 saturated carbocycles. The standard InChI is InChI=1S/C17H25NO4S/c1-3-23(20,21)18-17-7-5-4-6-15(17)12-22-16-10-8-14(9-11-16)13(2)19/h8-11,15,17-18H,3-7,12H2,1-2H3. The van der Waals surface area contributed by atoms with Gasteiger partial charge in [0.1, 0.15) is 5.75 Å². The van der Waals surface area contributed by atoms with Crippen LogP contribution in [0.15, 0.2) is 24.3 Å². The molecule has 0 bridgehead atoms. The van der Waals surface area contributed by atoms with Crippen LogP contribution in [0.1, 0.15) is 49.9 Å². The van der Waals surface area contributed by atoms with E-state index >= 15 is 0 Å². The first-order valence-corrected chi connectivity index (χ1v) is 9.80. The fourth-order valence-electron chi connectivity index (χ4n) is 2.87. The lowest BCUT2D eigenvalue weighted by atomic mass is 9.86. The van der Waals surface area contributed by atoms with E-state index in [2.05, 4.69) is 4.72 Å². The topological polar surface area (TPSA) is 72.5 Å². The van der Waals surface area contributed by atoms with Crippen LogP contribution in [0.4, 0.5) is 0 Å². The molecule has 1 aromatic rings. The molecule has 2 unspecified atom stereocenters. The predicted octanol–water partition coefficient (Wildman–Crippen LogP) is 2.77. The van der Waals surface area contributed by atoms with Crippen molar-refractivity contribution in [2.24, 2.45) is 5.92 Å². The van der Waals surface area contributed by atoms with Gasteiger partial charge in [0, 0.05) is 17.5 Å². The summed E-state index contributed by atoms with van der Waals surface area (Å²) in [6.07, 6.45) is 3.96. The van der Waals surface area contributed by atoms with Crippen molar-refractivity contribution in [1.29, 1.82) is 0 Å². The Hall–Kier alpha value is -1.40. The number of carbonyl (C=O) groups is 1. The van der Waals surface area contributed by atoms with Crippen LogP contribution in [-0.2, 0) is 10.0 Å². The van der Waals surface area contributed by atoms with Crippen LogP contribution in [0.25, 0.3) is 0 Å². The van der Waals surface area contributed by atoms with Gasteiger partial charge in [0.25, 0.3) is 0 Å². The van der Waals surface area contributed by atoms with E-state index in [9.17, 15) is 13.2 Å². The largest absolute Gasteiger partial charge is 0.493 e. The molecule has 0 aromatic heterocycles. The summed E-state index contributed by atoms with van der Waals surface area (Å²) < 4.78 is 32.2. The van der Waals surface area contributed by atoms with Gasteiger partial charge in [-0.25, -0.2) is 13.1 Å². The third-order valence-corrected chi connectivity index (χ3v) is 5.77. The summed E-state index contributed by atoms with van der Waals surface area (Å²) in [5.41, 5.74) is 0.656. The van der Waals surface area contributed by atoms with Gasteiger partial charge in [-0.15, -0.1) is 0 Å². The molecule has 0 radical (unpaired) electrons. The second kappa shape index (κ2) is 7.93. The summed E-state index contributed by atoms with van der Waals surface area (Å²) in [6, 6.07) is 7.01. The predicted molar refractivity (Wildman–Crippen MR) is 90.3 cm³/mol. The molecular weight excluding hydrogens is 314 g/mol. The van der Waals surface area contributed by atoms with E-state index in [1.54, 1.807) is 31.2 Å². The molecule has 2 rings (SSSR count). The lowest BCUT2D eigenvalue weighted by molar-refractivity contribution is 0.101. The smallest absolute Gasteiger partial charge is 0.211 e. The molecule has 128 valence electrons. The van der Waals surface area contributed by atoms with Gasteiger partial charge < -0.3 is 4.74 Å². The molecule has 1 aromatic carbocycles. The normalized spacial score (nSPS) is 21.8. The fourth-order valence-corrected chi connectivity index (χ4v) is 3.80. The monoisotopic (exact) mass is 339 g/mol. The Kier molecular flexibility index (Phi) is 6.18. The number of sulfonamides is 1. The minimum absolute atomic E-state index is 0.0258. The van der Waals surface area contributed by atoms with Gasteiger partial charge in [0.15, 0.2) is 5.78 Å². The van der Waals surface area contributed by atoms with Gasteiger partial charge in [-0.2, -0.15) is 0 Å². The fraction of sp³-hybridized carbons (Fsp3) is 0.588. The number of benzene rings is 1. The van der Waals surface area contributed by atoms with Crippen molar-refractivity contribution >= 4 is 15.8 Å². The van der Waals surface area contributed by atoms with Crippen molar-refractivity contribution in [3.63, 3.8) is 0 Å². The third-order valence-electron chi connectivity index (χ3n) is 4.34. The van der Waals surface area contributed by atoms with Gasteiger partial charge >= 0.3 is 0 Å². The van der Waals surface area contributed by atoms with Crippen LogP contribution in [0.2, 0.25) is 0 Å². The van der Waals surface area contributed by atoms with Crippen LogP contribution >= 0.6 is 0 Å². The van der Waals surface area contributed by atoms with E-state index in [0.29, 0.717) is 17.9 Å². The van der Waals surface area contributed by atoms with Crippen molar-refractivity contribution in [2.45, 2.75) is 45.6 Å². The average molecular weight is 339 g/mol. The minimum atomic E-state index is -3.19. The van der Waals surface area contributed by atoms with E-state index in [-0.39, 0.29) is 23.5 Å². The van der Waals surface area contributed by atoms with Gasteiger partial charge in [-0.1, -0.05) is 12.8 Å². The minimum Gasteiger partial charge on any atom is -0.493 e. The summed E-state index contributed by atoms with van der Waals surface area (Å²) >= 11 is 0. The molecule has 0 saturated heterocycles. The number of hydrogen-bond acceptors (Lipinski definition) is 4. The Morgan fingerprint density at radius 1 is 1.22 bits per heavy atom. The summed E-state index contributed by atoms with van der Waals surface area (Å²) in [5.74, 6) is 1.01. The van der Waals surface area contributed by atoms with Gasteiger partial charge in [-0.3, -0.25) is 4.79 Å². The average Bonchev–Trinajstić information content (AvgIpc) is 2.54. The summed E-state index contributed by atoms with van der Waals surface area (Å²) in [6.45, 7) is 3.66. The Morgan fingerprint density at radius 3 is 2.48 bits per heavy atom. The second-order valence-corrected chi connectivity index (χ2v) is 8.11. The molecule has 1 aliphatic rings. The Labute approximate surface area is 138 Å². The zero-order valence-corrected chi connectivity index (χ0v) is 14.6. The quantitative estimate of drug-likeness (QED) is 0.775.